The van der Waals surface area contributed by atoms with Gasteiger partial charge in [0.05, 0.1) is 13.2 Å². The molecule has 0 aromatic heterocycles. The molecular formula is C20H24ClF3N2O2. The molecule has 0 amide bonds. The summed E-state index contributed by atoms with van der Waals surface area (Å²) in [4.78, 5) is 2.28. The Bertz CT molecular complexity index is 713. The van der Waals surface area contributed by atoms with Gasteiger partial charge in [0.25, 0.3) is 0 Å². The van der Waals surface area contributed by atoms with E-state index in [1.165, 1.54) is 18.2 Å². The number of morpholine rings is 1. The van der Waals surface area contributed by atoms with Gasteiger partial charge in [0.15, 0.2) is 0 Å². The normalized spacial score (nSPS) is 15.9. The summed E-state index contributed by atoms with van der Waals surface area (Å²) >= 11 is 0. The van der Waals surface area contributed by atoms with Gasteiger partial charge in [-0.15, -0.1) is 12.4 Å². The third kappa shape index (κ3) is 6.67. The van der Waals surface area contributed by atoms with Crippen LogP contribution in [-0.2, 0) is 11.3 Å². The quantitative estimate of drug-likeness (QED) is 0.705. The van der Waals surface area contributed by atoms with Crippen molar-refractivity contribution in [3.63, 3.8) is 0 Å². The molecule has 8 heteroatoms. The lowest BCUT2D eigenvalue weighted by Gasteiger charge is -2.35. The van der Waals surface area contributed by atoms with Gasteiger partial charge < -0.3 is 14.8 Å². The van der Waals surface area contributed by atoms with Gasteiger partial charge in [-0.2, -0.15) is 8.78 Å². The molecule has 1 N–H and O–H groups in total. The molecular weight excluding hydrogens is 393 g/mol. The SMILES string of the molecule is Cl.Fc1cccc(C(CNCc2ccc(OC(F)F)cc2)N2CCOCC2)c1. The molecule has 4 nitrogen and oxygen atoms in total. The van der Waals surface area contributed by atoms with Crippen LogP contribution in [0.25, 0.3) is 0 Å². The Balaban J connectivity index is 0.00000280. The average molecular weight is 417 g/mol. The molecule has 2 aromatic carbocycles. The minimum absolute atomic E-state index is 0. The van der Waals surface area contributed by atoms with E-state index in [1.807, 2.05) is 6.07 Å². The molecule has 1 atom stereocenters. The number of hydrogen-bond donors (Lipinski definition) is 1. The molecule has 0 radical (unpaired) electrons. The monoisotopic (exact) mass is 416 g/mol. The van der Waals surface area contributed by atoms with E-state index in [9.17, 15) is 13.2 Å². The highest BCUT2D eigenvalue weighted by Crippen LogP contribution is 2.22. The van der Waals surface area contributed by atoms with Crippen molar-refractivity contribution in [1.82, 2.24) is 10.2 Å². The van der Waals surface area contributed by atoms with Crippen LogP contribution in [-0.4, -0.2) is 44.4 Å². The third-order valence-corrected chi connectivity index (χ3v) is 4.54. The van der Waals surface area contributed by atoms with Crippen molar-refractivity contribution in [2.75, 3.05) is 32.8 Å². The summed E-state index contributed by atoms with van der Waals surface area (Å²) in [6.45, 7) is 1.30. The third-order valence-electron chi connectivity index (χ3n) is 4.54. The smallest absolute Gasteiger partial charge is 0.387 e. The molecule has 2 aromatic rings. The number of rotatable bonds is 8. The van der Waals surface area contributed by atoms with Crippen LogP contribution in [0.3, 0.4) is 0 Å². The number of nitrogens with one attached hydrogen (secondary N) is 1. The highest BCUT2D eigenvalue weighted by molar-refractivity contribution is 5.85. The first-order chi connectivity index (χ1) is 13.1. The minimum atomic E-state index is -2.82. The van der Waals surface area contributed by atoms with E-state index >= 15 is 0 Å². The van der Waals surface area contributed by atoms with E-state index in [1.54, 1.807) is 24.3 Å². The summed E-state index contributed by atoms with van der Waals surface area (Å²) in [6, 6.07) is 13.2. The summed E-state index contributed by atoms with van der Waals surface area (Å²) in [5.74, 6) is -0.111. The Morgan fingerprint density at radius 2 is 1.79 bits per heavy atom. The summed E-state index contributed by atoms with van der Waals surface area (Å²) in [5, 5.41) is 3.38. The van der Waals surface area contributed by atoms with E-state index in [0.717, 1.165) is 24.2 Å². The molecule has 154 valence electrons. The van der Waals surface area contributed by atoms with Gasteiger partial charge in [0.1, 0.15) is 11.6 Å². The van der Waals surface area contributed by atoms with Crippen LogP contribution in [0, 0.1) is 5.82 Å². The topological polar surface area (TPSA) is 33.7 Å². The van der Waals surface area contributed by atoms with Crippen LogP contribution in [0.4, 0.5) is 13.2 Å². The summed E-state index contributed by atoms with van der Waals surface area (Å²) in [6.07, 6.45) is 0. The number of halogens is 4. The first-order valence-corrected chi connectivity index (χ1v) is 8.93. The van der Waals surface area contributed by atoms with E-state index in [0.29, 0.717) is 26.3 Å². The van der Waals surface area contributed by atoms with Crippen LogP contribution in [0.1, 0.15) is 17.2 Å². The van der Waals surface area contributed by atoms with E-state index in [2.05, 4.69) is 15.0 Å². The first kappa shape index (κ1) is 22.5. The molecule has 0 spiro atoms. The zero-order chi connectivity index (χ0) is 19.1. The fourth-order valence-electron chi connectivity index (χ4n) is 3.20. The van der Waals surface area contributed by atoms with Crippen LogP contribution in [0.15, 0.2) is 48.5 Å². The molecule has 1 aliphatic heterocycles. The number of hydrogen-bond acceptors (Lipinski definition) is 4. The molecule has 28 heavy (non-hydrogen) atoms. The number of ether oxygens (including phenoxy) is 2. The Labute approximate surface area is 169 Å². The second-order valence-electron chi connectivity index (χ2n) is 6.37. The van der Waals surface area contributed by atoms with Crippen molar-refractivity contribution in [3.8, 4) is 5.75 Å². The predicted molar refractivity (Wildman–Crippen MR) is 104 cm³/mol. The second-order valence-corrected chi connectivity index (χ2v) is 6.37. The number of benzene rings is 2. The fraction of sp³-hybridized carbons (Fsp3) is 0.400. The second kappa shape index (κ2) is 11.3. The Morgan fingerprint density at radius 1 is 1.07 bits per heavy atom. The zero-order valence-corrected chi connectivity index (χ0v) is 16.1. The Morgan fingerprint density at radius 3 is 2.43 bits per heavy atom. The first-order valence-electron chi connectivity index (χ1n) is 8.93. The van der Waals surface area contributed by atoms with Crippen molar-refractivity contribution < 1.29 is 22.6 Å². The summed E-state index contributed by atoms with van der Waals surface area (Å²) < 4.78 is 47.9. The molecule has 1 fully saturated rings. The highest BCUT2D eigenvalue weighted by Gasteiger charge is 2.22. The molecule has 0 bridgehead atoms. The van der Waals surface area contributed by atoms with Crippen molar-refractivity contribution in [2.45, 2.75) is 19.2 Å². The van der Waals surface area contributed by atoms with Crippen LogP contribution < -0.4 is 10.1 Å². The van der Waals surface area contributed by atoms with Gasteiger partial charge in [0, 0.05) is 32.2 Å². The maximum Gasteiger partial charge on any atom is 0.387 e. The molecule has 1 aliphatic rings. The van der Waals surface area contributed by atoms with Crippen molar-refractivity contribution in [1.29, 1.82) is 0 Å². The van der Waals surface area contributed by atoms with Gasteiger partial charge in [-0.3, -0.25) is 4.90 Å². The van der Waals surface area contributed by atoms with E-state index in [4.69, 9.17) is 4.74 Å². The van der Waals surface area contributed by atoms with Crippen molar-refractivity contribution in [3.05, 3.63) is 65.5 Å². The molecule has 1 heterocycles. The lowest BCUT2D eigenvalue weighted by Crippen LogP contribution is -2.42. The molecule has 0 aliphatic carbocycles. The lowest BCUT2D eigenvalue weighted by molar-refractivity contribution is -0.0498. The van der Waals surface area contributed by atoms with Crippen LogP contribution in [0.2, 0.25) is 0 Å². The largest absolute Gasteiger partial charge is 0.435 e. The lowest BCUT2D eigenvalue weighted by atomic mass is 10.0. The summed E-state index contributed by atoms with van der Waals surface area (Å²) in [5.41, 5.74) is 1.88. The van der Waals surface area contributed by atoms with Crippen molar-refractivity contribution in [2.24, 2.45) is 0 Å². The predicted octanol–water partition coefficient (Wildman–Crippen LogP) is 4.01. The van der Waals surface area contributed by atoms with Crippen molar-refractivity contribution >= 4 is 12.4 Å². The number of nitrogens with zero attached hydrogens (tertiary/aromatic N) is 1. The molecule has 1 saturated heterocycles. The van der Waals surface area contributed by atoms with E-state index < -0.39 is 6.61 Å². The molecule has 3 rings (SSSR count). The minimum Gasteiger partial charge on any atom is -0.435 e. The summed E-state index contributed by atoms with van der Waals surface area (Å²) in [7, 11) is 0. The van der Waals surface area contributed by atoms with Gasteiger partial charge in [-0.25, -0.2) is 4.39 Å². The van der Waals surface area contributed by atoms with Gasteiger partial charge in [-0.1, -0.05) is 24.3 Å². The molecule has 1 unspecified atom stereocenters. The van der Waals surface area contributed by atoms with Gasteiger partial charge >= 0.3 is 6.61 Å². The fourth-order valence-corrected chi connectivity index (χ4v) is 3.20. The Hall–Kier alpha value is -1.80. The van der Waals surface area contributed by atoms with Crippen LogP contribution in [0.5, 0.6) is 5.75 Å². The molecule has 0 saturated carbocycles. The standard InChI is InChI=1S/C20H23F3N2O2.ClH/c21-17-3-1-2-16(12-17)19(25-8-10-26-11-9-25)14-24-13-15-4-6-18(7-5-15)27-20(22)23;/h1-7,12,19-20,24H,8-11,13-14H2;1H. The zero-order valence-electron chi connectivity index (χ0n) is 15.3. The van der Waals surface area contributed by atoms with Gasteiger partial charge in [-0.05, 0) is 35.4 Å². The maximum atomic E-state index is 13.7. The highest BCUT2D eigenvalue weighted by atomic mass is 35.5. The maximum absolute atomic E-state index is 13.7. The van der Waals surface area contributed by atoms with E-state index in [-0.39, 0.29) is 30.0 Å². The number of alkyl halides is 2. The van der Waals surface area contributed by atoms with Crippen LogP contribution >= 0.6 is 12.4 Å². The Kier molecular flexibility index (Phi) is 9.05. The average Bonchev–Trinajstić information content (AvgIpc) is 2.67. The van der Waals surface area contributed by atoms with Gasteiger partial charge in [0.2, 0.25) is 0 Å².